The molecule has 1 aromatic carbocycles. The Labute approximate surface area is 219 Å². The molecule has 0 spiro atoms. The molecule has 0 saturated carbocycles. The van der Waals surface area contributed by atoms with Gasteiger partial charge in [0.1, 0.15) is 17.5 Å². The normalized spacial score (nSPS) is 15.0. The minimum absolute atomic E-state index is 0.0781. The Bertz CT molecular complexity index is 1360. The van der Waals surface area contributed by atoms with Crippen LogP contribution < -0.4 is 5.32 Å². The Hall–Kier alpha value is -3.66. The molecule has 3 heterocycles. The summed E-state index contributed by atoms with van der Waals surface area (Å²) in [6, 6.07) is 8.69. The van der Waals surface area contributed by atoms with Crippen LogP contribution in [0.5, 0.6) is 0 Å². The molecule has 37 heavy (non-hydrogen) atoms. The van der Waals surface area contributed by atoms with Crippen molar-refractivity contribution < 1.29 is 18.7 Å². The highest BCUT2D eigenvalue weighted by molar-refractivity contribution is 7.97. The van der Waals surface area contributed by atoms with E-state index in [1.807, 2.05) is 30.5 Å². The molecule has 1 atom stereocenters. The van der Waals surface area contributed by atoms with Crippen LogP contribution in [-0.4, -0.2) is 42.7 Å². The van der Waals surface area contributed by atoms with Gasteiger partial charge in [0.15, 0.2) is 0 Å². The molecule has 4 rings (SSSR count). The molecule has 2 aromatic heterocycles. The number of amides is 2. The molecule has 1 N–H and O–H groups in total. The number of fused-ring (bicyclic) bond motifs is 2. The van der Waals surface area contributed by atoms with Crippen molar-refractivity contribution in [1.82, 2.24) is 24.4 Å². The number of nitrogens with one attached hydrogen (secondary N) is 1. The van der Waals surface area contributed by atoms with Gasteiger partial charge in [-0.3, -0.25) is 9.78 Å². The van der Waals surface area contributed by atoms with E-state index in [0.717, 1.165) is 27.1 Å². The molecule has 0 aliphatic carbocycles. The maximum Gasteiger partial charge on any atom is 0.408 e. The second kappa shape index (κ2) is 10.8. The Balaban J connectivity index is 1.49. The topological polar surface area (TPSA) is 89.4 Å². The number of aromatic nitrogens is 3. The van der Waals surface area contributed by atoms with Crippen molar-refractivity contribution in [2.75, 3.05) is 0 Å². The van der Waals surface area contributed by atoms with Crippen molar-refractivity contribution >= 4 is 34.9 Å². The smallest absolute Gasteiger partial charge is 0.408 e. The summed E-state index contributed by atoms with van der Waals surface area (Å²) < 4.78 is 21.5. The third-order valence-electron chi connectivity index (χ3n) is 5.61. The maximum absolute atomic E-state index is 14.4. The van der Waals surface area contributed by atoms with Gasteiger partial charge in [-0.1, -0.05) is 18.2 Å². The predicted octanol–water partition coefficient (Wildman–Crippen LogP) is 5.54. The largest absolute Gasteiger partial charge is 0.444 e. The molecule has 1 aliphatic heterocycles. The lowest BCUT2D eigenvalue weighted by Gasteiger charge is -2.27. The third kappa shape index (κ3) is 6.37. The number of pyridine rings is 1. The number of halogens is 1. The molecule has 194 valence electrons. The summed E-state index contributed by atoms with van der Waals surface area (Å²) in [6.07, 6.45) is 5.97. The van der Waals surface area contributed by atoms with Crippen molar-refractivity contribution in [1.29, 1.82) is 0 Å². The summed E-state index contributed by atoms with van der Waals surface area (Å²) in [5.74, 6) is -0.994. The quantitative estimate of drug-likeness (QED) is 0.427. The minimum atomic E-state index is -1.23. The van der Waals surface area contributed by atoms with Gasteiger partial charge in [0.25, 0.3) is 5.91 Å². The second-order valence-electron chi connectivity index (χ2n) is 9.72. The van der Waals surface area contributed by atoms with Gasteiger partial charge in [0.2, 0.25) is 0 Å². The van der Waals surface area contributed by atoms with Crippen LogP contribution >= 0.6 is 11.9 Å². The van der Waals surface area contributed by atoms with Crippen LogP contribution in [-0.2, 0) is 22.6 Å². The zero-order valence-corrected chi connectivity index (χ0v) is 22.3. The molecule has 10 heteroatoms. The monoisotopic (exact) mass is 523 g/mol. The molecule has 0 bridgehead atoms. The average molecular weight is 524 g/mol. The first kappa shape index (κ1) is 26.4. The lowest BCUT2D eigenvalue weighted by atomic mass is 10.0. The molecule has 8 nitrogen and oxygen atoms in total. The van der Waals surface area contributed by atoms with Crippen molar-refractivity contribution in [3.63, 3.8) is 0 Å². The molecular formula is C27H30FN5O3S. The number of benzene rings is 1. The van der Waals surface area contributed by atoms with E-state index in [2.05, 4.69) is 21.5 Å². The van der Waals surface area contributed by atoms with Crippen LogP contribution in [0.2, 0.25) is 0 Å². The fourth-order valence-corrected chi connectivity index (χ4v) is 4.86. The van der Waals surface area contributed by atoms with Crippen LogP contribution in [0.25, 0.3) is 10.9 Å². The fourth-order valence-electron chi connectivity index (χ4n) is 4.02. The zero-order valence-electron chi connectivity index (χ0n) is 21.5. The first-order valence-corrected chi connectivity index (χ1v) is 12.7. The van der Waals surface area contributed by atoms with E-state index < -0.39 is 29.5 Å². The predicted molar refractivity (Wildman–Crippen MR) is 141 cm³/mol. The highest BCUT2D eigenvalue weighted by atomic mass is 32.2. The number of ether oxygens (including phenoxy) is 1. The Morgan fingerprint density at radius 2 is 2.03 bits per heavy atom. The zero-order chi connectivity index (χ0) is 26.7. The lowest BCUT2D eigenvalue weighted by molar-refractivity contribution is -0.133. The van der Waals surface area contributed by atoms with Crippen LogP contribution in [0.15, 0.2) is 71.2 Å². The van der Waals surface area contributed by atoms with E-state index in [-0.39, 0.29) is 12.1 Å². The van der Waals surface area contributed by atoms with Crippen LogP contribution in [0.4, 0.5) is 9.18 Å². The van der Waals surface area contributed by atoms with E-state index in [1.54, 1.807) is 49.0 Å². The van der Waals surface area contributed by atoms with Gasteiger partial charge in [-0.15, -0.1) is 0 Å². The van der Waals surface area contributed by atoms with Gasteiger partial charge in [-0.2, -0.15) is 5.10 Å². The van der Waals surface area contributed by atoms with Crippen molar-refractivity contribution in [2.45, 2.75) is 64.2 Å². The number of hydrogen-bond acceptors (Lipinski definition) is 6. The molecule has 3 aromatic rings. The van der Waals surface area contributed by atoms with Gasteiger partial charge < -0.3 is 15.0 Å². The maximum atomic E-state index is 14.4. The van der Waals surface area contributed by atoms with E-state index >= 15 is 0 Å². The van der Waals surface area contributed by atoms with E-state index in [9.17, 15) is 14.0 Å². The SMILES string of the molecule is C/C=C\C(=C(/C)F)C(NC(=O)OC(C)(C)C)C(=O)N1Cc2cn(Sc3ccc4ncccc4c3)nc2C1. The highest BCUT2D eigenvalue weighted by Crippen LogP contribution is 2.29. The van der Waals surface area contributed by atoms with Crippen LogP contribution in [0, 0.1) is 0 Å². The summed E-state index contributed by atoms with van der Waals surface area (Å²) in [4.78, 5) is 32.9. The number of carbonyl (C=O) groups excluding carboxylic acids is 2. The molecule has 1 unspecified atom stereocenters. The van der Waals surface area contributed by atoms with E-state index in [0.29, 0.717) is 6.54 Å². The highest BCUT2D eigenvalue weighted by Gasteiger charge is 2.35. The van der Waals surface area contributed by atoms with Crippen molar-refractivity contribution in [3.05, 3.63) is 77.5 Å². The van der Waals surface area contributed by atoms with E-state index in [1.165, 1.54) is 24.9 Å². The number of allylic oxidation sites excluding steroid dienone is 2. The molecular weight excluding hydrogens is 493 g/mol. The molecule has 0 saturated heterocycles. The van der Waals surface area contributed by atoms with Gasteiger partial charge in [-0.25, -0.2) is 13.3 Å². The first-order valence-electron chi connectivity index (χ1n) is 11.9. The van der Waals surface area contributed by atoms with Crippen molar-refractivity contribution in [3.8, 4) is 0 Å². The fraction of sp³-hybridized carbons (Fsp3) is 0.333. The number of alkyl carbamates (subject to hydrolysis) is 1. The third-order valence-corrected chi connectivity index (χ3v) is 6.45. The summed E-state index contributed by atoms with van der Waals surface area (Å²) in [6.45, 7) is 8.69. The van der Waals surface area contributed by atoms with Crippen LogP contribution in [0.3, 0.4) is 0 Å². The average Bonchev–Trinajstić information content (AvgIpc) is 3.38. The van der Waals surface area contributed by atoms with Gasteiger partial charge in [0, 0.05) is 52.3 Å². The van der Waals surface area contributed by atoms with Gasteiger partial charge >= 0.3 is 6.09 Å². The lowest BCUT2D eigenvalue weighted by Crippen LogP contribution is -2.49. The van der Waals surface area contributed by atoms with Gasteiger partial charge in [0.05, 0.1) is 17.8 Å². The Kier molecular flexibility index (Phi) is 7.68. The summed E-state index contributed by atoms with van der Waals surface area (Å²) in [5, 5.41) is 8.24. The molecule has 0 radical (unpaired) electrons. The summed E-state index contributed by atoms with van der Waals surface area (Å²) in [7, 11) is 0. The Morgan fingerprint density at radius 3 is 2.70 bits per heavy atom. The van der Waals surface area contributed by atoms with Crippen molar-refractivity contribution in [2.24, 2.45) is 0 Å². The Morgan fingerprint density at radius 1 is 1.24 bits per heavy atom. The number of carbonyl (C=O) groups is 2. The number of rotatable bonds is 6. The summed E-state index contributed by atoms with van der Waals surface area (Å²) >= 11 is 1.47. The van der Waals surface area contributed by atoms with Crippen LogP contribution in [0.1, 0.15) is 45.9 Å². The number of hydrogen-bond donors (Lipinski definition) is 1. The molecule has 1 aliphatic rings. The molecule has 0 fully saturated rings. The first-order chi connectivity index (χ1) is 17.5. The summed E-state index contributed by atoms with van der Waals surface area (Å²) in [5.41, 5.74) is 1.89. The van der Waals surface area contributed by atoms with E-state index in [4.69, 9.17) is 4.74 Å². The minimum Gasteiger partial charge on any atom is -0.444 e. The van der Waals surface area contributed by atoms with Gasteiger partial charge in [-0.05, 0) is 58.9 Å². The number of nitrogens with zero attached hydrogens (tertiary/aromatic N) is 4. The molecule has 2 amide bonds. The standard InChI is InChI=1S/C27H30FN5O3S/c1-6-8-21(17(2)28)24(30-26(35)36-27(3,4)5)25(34)32-14-19-15-33(31-23(19)16-32)37-20-10-11-22-18(13-20)9-7-12-29-22/h6-13,15,24H,14,16H2,1-5H3,(H,30,35)/b8-6-,21-17-. The second-order valence-corrected chi connectivity index (χ2v) is 10.7.